The van der Waals surface area contributed by atoms with Crippen LogP contribution in [-0.2, 0) is 6.42 Å². The van der Waals surface area contributed by atoms with Gasteiger partial charge in [0.2, 0.25) is 0 Å². The van der Waals surface area contributed by atoms with Gasteiger partial charge in [-0.3, -0.25) is 0 Å². The molecular weight excluding hydrogens is 324 g/mol. The third-order valence-corrected chi connectivity index (χ3v) is 6.91. The Bertz CT molecular complexity index is 467. The van der Waals surface area contributed by atoms with E-state index in [9.17, 15) is 0 Å². The second-order valence-electron chi connectivity index (χ2n) is 3.63. The molecule has 1 atom stereocenters. The number of aryl methyl sites for hydroxylation is 2. The van der Waals surface area contributed by atoms with Crippen LogP contribution in [0.1, 0.15) is 31.9 Å². The predicted molar refractivity (Wildman–Crippen MR) is 78.5 cm³/mol. The van der Waals surface area contributed by atoms with Crippen molar-refractivity contribution < 1.29 is 0 Å². The van der Waals surface area contributed by atoms with Crippen molar-refractivity contribution in [3.8, 4) is 0 Å². The number of thiophene rings is 2. The summed E-state index contributed by atoms with van der Waals surface area (Å²) < 4.78 is 0.895. The van der Waals surface area contributed by atoms with Crippen LogP contribution < -0.4 is 0 Å². The minimum Gasteiger partial charge on any atom is -0.144 e. The Kier molecular flexibility index (Phi) is 4.11. The van der Waals surface area contributed by atoms with E-state index in [4.69, 9.17) is 11.6 Å². The molecule has 0 aromatic carbocycles. The van der Waals surface area contributed by atoms with E-state index in [0.29, 0.717) is 0 Å². The van der Waals surface area contributed by atoms with Crippen LogP contribution in [0.25, 0.3) is 0 Å². The van der Waals surface area contributed by atoms with Gasteiger partial charge >= 0.3 is 0 Å². The first-order valence-electron chi connectivity index (χ1n) is 5.10. The largest absolute Gasteiger partial charge is 0.144 e. The van der Waals surface area contributed by atoms with E-state index in [1.54, 1.807) is 11.3 Å². The van der Waals surface area contributed by atoms with E-state index in [2.05, 4.69) is 41.1 Å². The van der Waals surface area contributed by atoms with Crippen molar-refractivity contribution in [1.82, 2.24) is 0 Å². The van der Waals surface area contributed by atoms with Gasteiger partial charge in [-0.25, -0.2) is 0 Å². The summed E-state index contributed by atoms with van der Waals surface area (Å²) in [5.74, 6) is 0. The van der Waals surface area contributed by atoms with Crippen LogP contribution in [-0.4, -0.2) is 0 Å². The van der Waals surface area contributed by atoms with Crippen LogP contribution in [0.4, 0.5) is 0 Å². The summed E-state index contributed by atoms with van der Waals surface area (Å²) in [5.41, 5.74) is 1.17. The molecule has 2 aromatic rings. The summed E-state index contributed by atoms with van der Waals surface area (Å²) in [6, 6.07) is 6.57. The lowest BCUT2D eigenvalue weighted by molar-refractivity contribution is 1.19. The van der Waals surface area contributed by atoms with Gasteiger partial charge in [-0.15, -0.1) is 22.7 Å². The maximum absolute atomic E-state index is 6.09. The van der Waals surface area contributed by atoms with Gasteiger partial charge in [0.15, 0.2) is 0 Å². The molecule has 0 N–H and O–H groups in total. The summed E-state index contributed by atoms with van der Waals surface area (Å²) in [7, 11) is 0. The molecule has 0 nitrogen and oxygen atoms in total. The molecule has 0 aliphatic carbocycles. The molecule has 0 radical (unpaired) electrons. The lowest BCUT2D eigenvalue weighted by atomic mass is 10.2. The molecule has 0 saturated carbocycles. The van der Waals surface area contributed by atoms with E-state index in [0.717, 1.165) is 10.8 Å². The van der Waals surface area contributed by atoms with Gasteiger partial charge in [0, 0.05) is 14.6 Å². The molecule has 0 amide bonds. The van der Waals surface area contributed by atoms with Crippen molar-refractivity contribution in [2.24, 2.45) is 0 Å². The highest BCUT2D eigenvalue weighted by Crippen LogP contribution is 2.41. The molecule has 4 heteroatoms. The monoisotopic (exact) mass is 334 g/mol. The first-order valence-corrected chi connectivity index (χ1v) is 8.03. The Labute approximate surface area is 117 Å². The third-order valence-electron chi connectivity index (χ3n) is 2.41. The highest BCUT2D eigenvalue weighted by atomic mass is 79.9. The van der Waals surface area contributed by atoms with E-state index in [1.165, 1.54) is 20.2 Å². The zero-order chi connectivity index (χ0) is 11.7. The maximum atomic E-state index is 6.09. The van der Waals surface area contributed by atoms with Crippen LogP contribution in [0.3, 0.4) is 0 Å². The van der Waals surface area contributed by atoms with Crippen molar-refractivity contribution >= 4 is 50.2 Å². The van der Waals surface area contributed by atoms with Gasteiger partial charge in [0.25, 0.3) is 0 Å². The number of rotatable bonds is 3. The van der Waals surface area contributed by atoms with E-state index < -0.39 is 0 Å². The van der Waals surface area contributed by atoms with Crippen LogP contribution in [0.5, 0.6) is 0 Å². The van der Waals surface area contributed by atoms with Crippen LogP contribution in [0.15, 0.2) is 18.2 Å². The van der Waals surface area contributed by atoms with Crippen LogP contribution in [0.2, 0.25) is 4.34 Å². The fourth-order valence-corrected chi connectivity index (χ4v) is 4.55. The third kappa shape index (κ3) is 2.53. The average molecular weight is 336 g/mol. The van der Waals surface area contributed by atoms with Gasteiger partial charge in [0.1, 0.15) is 0 Å². The molecule has 0 fully saturated rings. The van der Waals surface area contributed by atoms with Gasteiger partial charge in [-0.2, -0.15) is 0 Å². The van der Waals surface area contributed by atoms with E-state index in [1.807, 2.05) is 18.3 Å². The normalized spacial score (nSPS) is 13.0. The summed E-state index contributed by atoms with van der Waals surface area (Å²) >= 11 is 13.4. The van der Waals surface area contributed by atoms with Crippen LogP contribution in [0, 0.1) is 6.92 Å². The minimum absolute atomic E-state index is 0.286. The Morgan fingerprint density at radius 3 is 2.56 bits per heavy atom. The molecule has 0 aliphatic heterocycles. The van der Waals surface area contributed by atoms with Crippen molar-refractivity contribution in [3.05, 3.63) is 42.7 Å². The number of hydrogen-bond donors (Lipinski definition) is 0. The van der Waals surface area contributed by atoms with Crippen LogP contribution >= 0.6 is 50.2 Å². The molecule has 0 bridgehead atoms. The number of alkyl halides is 1. The minimum atomic E-state index is 0.286. The van der Waals surface area contributed by atoms with Gasteiger partial charge in [-0.1, -0.05) is 34.5 Å². The first-order chi connectivity index (χ1) is 7.61. The molecule has 0 saturated heterocycles. The fourth-order valence-electron chi connectivity index (χ4n) is 1.47. The molecule has 0 aliphatic rings. The smallest absolute Gasteiger partial charge is 0.0960 e. The molecule has 86 valence electrons. The molecule has 2 rings (SSSR count). The SMILES string of the molecule is CCc1ccc(C(Br)c2cc(C)c(Cl)s2)s1. The highest BCUT2D eigenvalue weighted by molar-refractivity contribution is 9.09. The Morgan fingerprint density at radius 1 is 1.31 bits per heavy atom. The van der Waals surface area contributed by atoms with Gasteiger partial charge in [-0.05, 0) is 37.1 Å². The molecule has 2 aromatic heterocycles. The highest BCUT2D eigenvalue weighted by Gasteiger charge is 2.16. The summed E-state index contributed by atoms with van der Waals surface area (Å²) in [6.07, 6.45) is 1.11. The van der Waals surface area contributed by atoms with Gasteiger partial charge in [0.05, 0.1) is 9.16 Å². The van der Waals surface area contributed by atoms with E-state index >= 15 is 0 Å². The van der Waals surface area contributed by atoms with E-state index in [-0.39, 0.29) is 4.83 Å². The quantitative estimate of drug-likeness (QED) is 0.620. The van der Waals surface area contributed by atoms with Crippen molar-refractivity contribution in [2.45, 2.75) is 25.1 Å². The average Bonchev–Trinajstić information content (AvgIpc) is 2.86. The maximum Gasteiger partial charge on any atom is 0.0960 e. The summed E-state index contributed by atoms with van der Waals surface area (Å²) in [4.78, 5) is 4.36. The van der Waals surface area contributed by atoms with Crippen molar-refractivity contribution in [3.63, 3.8) is 0 Å². The standard InChI is InChI=1S/C12H12BrClS2/c1-3-8-4-5-9(15-8)11(13)10-6-7(2)12(14)16-10/h4-6,11H,3H2,1-2H3. The molecule has 0 spiro atoms. The topological polar surface area (TPSA) is 0 Å². The number of hydrogen-bond acceptors (Lipinski definition) is 2. The molecule has 1 unspecified atom stereocenters. The molecular formula is C12H12BrClS2. The Morgan fingerprint density at radius 2 is 2.06 bits per heavy atom. The summed E-state index contributed by atoms with van der Waals surface area (Å²) in [5, 5.41) is 0. The zero-order valence-corrected chi connectivity index (χ0v) is 13.1. The van der Waals surface area contributed by atoms with Gasteiger partial charge < -0.3 is 0 Å². The predicted octanol–water partition coefficient (Wildman–Crippen LogP) is 5.82. The zero-order valence-electron chi connectivity index (χ0n) is 9.09. The second kappa shape index (κ2) is 5.21. The Hall–Kier alpha value is 0.170. The molecule has 2 heterocycles. The lowest BCUT2D eigenvalue weighted by Crippen LogP contribution is -1.83. The first kappa shape index (κ1) is 12.6. The second-order valence-corrected chi connectivity index (χ2v) is 7.43. The lowest BCUT2D eigenvalue weighted by Gasteiger charge is -2.03. The Balaban J connectivity index is 2.27. The molecule has 16 heavy (non-hydrogen) atoms. The number of halogens is 2. The summed E-state index contributed by atoms with van der Waals surface area (Å²) in [6.45, 7) is 4.24. The van der Waals surface area contributed by atoms with Crippen molar-refractivity contribution in [1.29, 1.82) is 0 Å². The fraction of sp³-hybridized carbons (Fsp3) is 0.333. The van der Waals surface area contributed by atoms with Crippen molar-refractivity contribution in [2.75, 3.05) is 0 Å².